The van der Waals surface area contributed by atoms with E-state index in [2.05, 4.69) is 16.0 Å². The van der Waals surface area contributed by atoms with Crippen LogP contribution in [0.2, 0.25) is 0 Å². The van der Waals surface area contributed by atoms with Crippen LogP contribution in [0.3, 0.4) is 0 Å². The van der Waals surface area contributed by atoms with Gasteiger partial charge in [-0.3, -0.25) is 14.4 Å². The van der Waals surface area contributed by atoms with Crippen molar-refractivity contribution in [2.75, 3.05) is 17.2 Å². The summed E-state index contributed by atoms with van der Waals surface area (Å²) in [6.07, 6.45) is 2.24. The van der Waals surface area contributed by atoms with Crippen molar-refractivity contribution in [1.29, 1.82) is 0 Å². The molecule has 0 saturated carbocycles. The van der Waals surface area contributed by atoms with Crippen LogP contribution in [-0.4, -0.2) is 29.6 Å². The van der Waals surface area contributed by atoms with Gasteiger partial charge in [0.15, 0.2) is 0 Å². The van der Waals surface area contributed by atoms with Gasteiger partial charge < -0.3 is 20.7 Å². The minimum Gasteiger partial charge on any atom is -0.494 e. The average molecular weight is 594 g/mol. The van der Waals surface area contributed by atoms with Crippen LogP contribution in [0.15, 0.2) is 114 Å². The number of nitrogens with one attached hydrogen (secondary N) is 3. The largest absolute Gasteiger partial charge is 0.494 e. The number of ether oxygens (including phenoxy) is 1. The zero-order chi connectivity index (χ0) is 30.6. The van der Waals surface area contributed by atoms with Crippen LogP contribution in [0.4, 0.5) is 11.4 Å². The zero-order valence-corrected chi connectivity index (χ0v) is 25.2. The number of benzene rings is 4. The molecule has 4 aromatic rings. The number of anilines is 2. The molecule has 0 aromatic heterocycles. The first-order chi connectivity index (χ1) is 20.8. The second-order valence-electron chi connectivity index (χ2n) is 9.74. The highest BCUT2D eigenvalue weighted by Crippen LogP contribution is 2.29. The Morgan fingerprint density at radius 2 is 1.51 bits per heavy atom. The van der Waals surface area contributed by atoms with Gasteiger partial charge in [0.05, 0.1) is 11.9 Å². The molecule has 3 amide bonds. The molecule has 0 aliphatic carbocycles. The highest BCUT2D eigenvalue weighted by atomic mass is 32.2. The topological polar surface area (TPSA) is 96.5 Å². The number of hydrogen-bond donors (Lipinski definition) is 3. The molecule has 0 aliphatic heterocycles. The molecule has 43 heavy (non-hydrogen) atoms. The van der Waals surface area contributed by atoms with Crippen molar-refractivity contribution < 1.29 is 19.1 Å². The minimum atomic E-state index is -0.482. The summed E-state index contributed by atoms with van der Waals surface area (Å²) in [5, 5.41) is 8.33. The highest BCUT2D eigenvalue weighted by molar-refractivity contribution is 8.00. The van der Waals surface area contributed by atoms with Crippen molar-refractivity contribution in [2.24, 2.45) is 0 Å². The van der Waals surface area contributed by atoms with E-state index in [0.717, 1.165) is 21.7 Å². The van der Waals surface area contributed by atoms with Gasteiger partial charge in [-0.15, -0.1) is 11.8 Å². The molecule has 4 aromatic carbocycles. The number of hydrogen-bond acceptors (Lipinski definition) is 5. The van der Waals surface area contributed by atoms with Crippen molar-refractivity contribution in [3.63, 3.8) is 0 Å². The lowest BCUT2D eigenvalue weighted by atomic mass is 10.1. The predicted molar refractivity (Wildman–Crippen MR) is 174 cm³/mol. The molecule has 0 radical (unpaired) electrons. The first kappa shape index (κ1) is 31.1. The van der Waals surface area contributed by atoms with Gasteiger partial charge in [0.1, 0.15) is 11.4 Å². The van der Waals surface area contributed by atoms with E-state index in [-0.39, 0.29) is 16.9 Å². The fraction of sp³-hybridized carbons (Fsp3) is 0.171. The minimum absolute atomic E-state index is 0.0834. The summed E-state index contributed by atoms with van der Waals surface area (Å²) in [5.41, 5.74) is 3.60. The molecule has 0 fully saturated rings. The van der Waals surface area contributed by atoms with E-state index in [0.29, 0.717) is 30.0 Å². The highest BCUT2D eigenvalue weighted by Gasteiger charge is 2.19. The molecule has 220 valence electrons. The average Bonchev–Trinajstić information content (AvgIpc) is 3.01. The molecule has 0 aliphatic rings. The first-order valence-electron chi connectivity index (χ1n) is 14.1. The Hall–Kier alpha value is -4.82. The summed E-state index contributed by atoms with van der Waals surface area (Å²) in [6, 6.07) is 31.0. The van der Waals surface area contributed by atoms with Gasteiger partial charge >= 0.3 is 0 Å². The predicted octanol–water partition coefficient (Wildman–Crippen LogP) is 7.31. The molecule has 7 nitrogen and oxygen atoms in total. The Morgan fingerprint density at radius 1 is 0.814 bits per heavy atom. The number of carbonyl (C=O) groups excluding carboxylic acids is 3. The fourth-order valence-corrected chi connectivity index (χ4v) is 5.23. The van der Waals surface area contributed by atoms with Crippen LogP contribution in [0.25, 0.3) is 6.08 Å². The Bertz CT molecular complexity index is 1590. The maximum absolute atomic E-state index is 13.5. The lowest BCUT2D eigenvalue weighted by Gasteiger charge is -2.16. The lowest BCUT2D eigenvalue weighted by Crippen LogP contribution is -2.30. The van der Waals surface area contributed by atoms with Gasteiger partial charge in [-0.1, -0.05) is 55.5 Å². The summed E-state index contributed by atoms with van der Waals surface area (Å²) in [4.78, 5) is 40.3. The lowest BCUT2D eigenvalue weighted by molar-refractivity contribution is -0.116. The molecule has 8 heteroatoms. The van der Waals surface area contributed by atoms with Gasteiger partial charge in [-0.05, 0) is 92.1 Å². The monoisotopic (exact) mass is 593 g/mol. The van der Waals surface area contributed by atoms with Crippen molar-refractivity contribution in [2.45, 2.75) is 37.3 Å². The number of thioether (sulfide) groups is 1. The molecular formula is C35H35N3O4S. The zero-order valence-electron chi connectivity index (χ0n) is 24.4. The van der Waals surface area contributed by atoms with Crippen LogP contribution in [0.1, 0.15) is 41.8 Å². The molecule has 4 rings (SSSR count). The molecule has 3 N–H and O–H groups in total. The maximum Gasteiger partial charge on any atom is 0.272 e. The van der Waals surface area contributed by atoms with E-state index < -0.39 is 11.8 Å². The molecule has 0 spiro atoms. The van der Waals surface area contributed by atoms with E-state index in [9.17, 15) is 14.4 Å². The molecule has 0 saturated heterocycles. The van der Waals surface area contributed by atoms with Crippen LogP contribution in [0.5, 0.6) is 5.75 Å². The van der Waals surface area contributed by atoms with Gasteiger partial charge in [-0.25, -0.2) is 0 Å². The van der Waals surface area contributed by atoms with Crippen molar-refractivity contribution >= 4 is 46.9 Å². The third kappa shape index (κ3) is 9.34. The molecule has 1 unspecified atom stereocenters. The van der Waals surface area contributed by atoms with Crippen molar-refractivity contribution in [1.82, 2.24) is 5.32 Å². The fourth-order valence-electron chi connectivity index (χ4n) is 4.21. The number of amides is 3. The summed E-state index contributed by atoms with van der Waals surface area (Å²) < 4.78 is 5.51. The molecule has 0 heterocycles. The quantitative estimate of drug-likeness (QED) is 0.118. The standard InChI is InChI=1S/C35H35N3O4S/c1-4-32(35(41)37-27-14-9-11-24(3)21-27)43-30-16-10-15-28(23-30)36-34(40)31(38-33(39)26-12-7-6-8-13-26)22-25-17-19-29(20-18-25)42-5-2/h6-23,32H,4-5H2,1-3H3,(H,36,40)(H,37,41)(H,38,39)/b31-22+. The van der Waals surface area contributed by atoms with Crippen LogP contribution in [0, 0.1) is 6.92 Å². The Kier molecular flexibility index (Phi) is 11.2. The maximum atomic E-state index is 13.5. The Balaban J connectivity index is 1.50. The molecule has 1 atom stereocenters. The van der Waals surface area contributed by atoms with Gasteiger partial charge in [-0.2, -0.15) is 0 Å². The summed E-state index contributed by atoms with van der Waals surface area (Å²) in [6.45, 7) is 6.40. The van der Waals surface area contributed by atoms with Crippen molar-refractivity contribution in [3.05, 3.63) is 126 Å². The van der Waals surface area contributed by atoms with E-state index in [1.165, 1.54) is 11.8 Å². The van der Waals surface area contributed by atoms with Gasteiger partial charge in [0.25, 0.3) is 11.8 Å². The van der Waals surface area contributed by atoms with Gasteiger partial charge in [0.2, 0.25) is 5.91 Å². The third-order valence-electron chi connectivity index (χ3n) is 6.35. The third-order valence-corrected chi connectivity index (χ3v) is 7.71. The Morgan fingerprint density at radius 3 is 2.19 bits per heavy atom. The van der Waals surface area contributed by atoms with E-state index in [1.807, 2.05) is 93.6 Å². The van der Waals surface area contributed by atoms with E-state index in [1.54, 1.807) is 36.4 Å². The second-order valence-corrected chi connectivity index (χ2v) is 11.0. The number of carbonyl (C=O) groups is 3. The first-order valence-corrected chi connectivity index (χ1v) is 15.0. The molecular weight excluding hydrogens is 558 g/mol. The summed E-state index contributed by atoms with van der Waals surface area (Å²) in [7, 11) is 0. The van der Waals surface area contributed by atoms with Crippen molar-refractivity contribution in [3.8, 4) is 5.75 Å². The number of aryl methyl sites for hydroxylation is 1. The van der Waals surface area contributed by atoms with E-state index >= 15 is 0 Å². The SMILES string of the molecule is CCOc1ccc(/C=C(/NC(=O)c2ccccc2)C(=O)Nc2cccc(SC(CC)C(=O)Nc3cccc(C)c3)c2)cc1. The van der Waals surface area contributed by atoms with Crippen LogP contribution in [-0.2, 0) is 9.59 Å². The summed E-state index contributed by atoms with van der Waals surface area (Å²) >= 11 is 1.43. The van der Waals surface area contributed by atoms with Crippen LogP contribution >= 0.6 is 11.8 Å². The summed E-state index contributed by atoms with van der Waals surface area (Å²) in [5.74, 6) is -0.254. The normalized spacial score (nSPS) is 11.7. The number of rotatable bonds is 12. The van der Waals surface area contributed by atoms with E-state index in [4.69, 9.17) is 4.74 Å². The second kappa shape index (κ2) is 15.4. The smallest absolute Gasteiger partial charge is 0.272 e. The molecule has 0 bridgehead atoms. The van der Waals surface area contributed by atoms with Crippen LogP contribution < -0.4 is 20.7 Å². The Labute approximate surface area is 256 Å². The van der Waals surface area contributed by atoms with Gasteiger partial charge in [0, 0.05) is 21.8 Å².